The Bertz CT molecular complexity index is 535. The number of aliphatic hydroxyl groups is 1. The molecule has 0 bridgehead atoms. The lowest BCUT2D eigenvalue weighted by molar-refractivity contribution is 0.127. The molecule has 19 heavy (non-hydrogen) atoms. The van der Waals surface area contributed by atoms with Crippen LogP contribution >= 0.6 is 11.8 Å². The highest BCUT2D eigenvalue weighted by atomic mass is 32.2. The van der Waals surface area contributed by atoms with Gasteiger partial charge in [0.25, 0.3) is 5.89 Å². The van der Waals surface area contributed by atoms with Crippen molar-refractivity contribution in [3.8, 4) is 0 Å². The molecule has 0 aliphatic heterocycles. The molecular weight excluding hydrogens is 269 g/mol. The maximum Gasteiger partial charge on any atom is 0.255 e. The molecule has 1 atom stereocenters. The summed E-state index contributed by atoms with van der Waals surface area (Å²) in [4.78, 5) is 4.57. The van der Waals surface area contributed by atoms with E-state index in [1.807, 2.05) is 0 Å². The van der Waals surface area contributed by atoms with Gasteiger partial charge in [-0.15, -0.1) is 11.8 Å². The first-order chi connectivity index (χ1) is 9.20. The summed E-state index contributed by atoms with van der Waals surface area (Å²) in [7, 11) is 0. The Morgan fingerprint density at radius 1 is 1.42 bits per heavy atom. The van der Waals surface area contributed by atoms with Crippen molar-refractivity contribution in [2.45, 2.75) is 23.2 Å². The Labute approximate surface area is 114 Å². The molecule has 2 rings (SSSR count). The van der Waals surface area contributed by atoms with Gasteiger partial charge in [0.2, 0.25) is 0 Å². The topological polar surface area (TPSA) is 85.2 Å². The van der Waals surface area contributed by atoms with Crippen LogP contribution in [-0.4, -0.2) is 21.8 Å². The van der Waals surface area contributed by atoms with Gasteiger partial charge in [-0.1, -0.05) is 17.3 Å². The second kappa shape index (κ2) is 6.65. The number of hydrogen-bond acceptors (Lipinski definition) is 6. The monoisotopic (exact) mass is 283 g/mol. The Morgan fingerprint density at radius 3 is 2.95 bits per heavy atom. The van der Waals surface area contributed by atoms with Crippen LogP contribution < -0.4 is 5.73 Å². The highest BCUT2D eigenvalue weighted by Crippen LogP contribution is 2.24. The molecule has 0 saturated carbocycles. The summed E-state index contributed by atoms with van der Waals surface area (Å²) >= 11 is 1.27. The second-order valence-electron chi connectivity index (χ2n) is 3.86. The van der Waals surface area contributed by atoms with Crippen molar-refractivity contribution in [3.63, 3.8) is 0 Å². The number of thioether (sulfide) groups is 1. The number of nitrogens with zero attached hydrogens (tertiary/aromatic N) is 2. The summed E-state index contributed by atoms with van der Waals surface area (Å²) in [6, 6.07) is 6.48. The lowest BCUT2D eigenvalue weighted by Crippen LogP contribution is -2.06. The van der Waals surface area contributed by atoms with E-state index >= 15 is 0 Å². The van der Waals surface area contributed by atoms with E-state index in [9.17, 15) is 9.50 Å². The van der Waals surface area contributed by atoms with Crippen LogP contribution in [0.1, 0.15) is 24.2 Å². The van der Waals surface area contributed by atoms with E-state index in [4.69, 9.17) is 10.3 Å². The summed E-state index contributed by atoms with van der Waals surface area (Å²) < 4.78 is 18.3. The normalized spacial score (nSPS) is 12.6. The van der Waals surface area contributed by atoms with Crippen LogP contribution in [-0.2, 0) is 5.75 Å². The largest absolute Gasteiger partial charge is 0.383 e. The average Bonchev–Trinajstić information content (AvgIpc) is 2.87. The molecule has 0 aliphatic rings. The van der Waals surface area contributed by atoms with Gasteiger partial charge in [-0.05, 0) is 25.1 Å². The zero-order chi connectivity index (χ0) is 13.7. The van der Waals surface area contributed by atoms with E-state index in [0.29, 0.717) is 29.4 Å². The van der Waals surface area contributed by atoms with Gasteiger partial charge < -0.3 is 15.4 Å². The molecular formula is C12H14FN3O2S. The summed E-state index contributed by atoms with van der Waals surface area (Å²) in [5, 5.41) is 13.4. The van der Waals surface area contributed by atoms with Crippen LogP contribution in [0.5, 0.6) is 0 Å². The van der Waals surface area contributed by atoms with Crippen LogP contribution in [0.25, 0.3) is 0 Å². The van der Waals surface area contributed by atoms with E-state index in [1.165, 1.54) is 17.8 Å². The van der Waals surface area contributed by atoms with Crippen molar-refractivity contribution in [2.24, 2.45) is 5.73 Å². The first-order valence-corrected chi connectivity index (χ1v) is 6.77. The predicted molar refractivity (Wildman–Crippen MR) is 68.9 cm³/mol. The maximum atomic E-state index is 13.4. The van der Waals surface area contributed by atoms with Crippen LogP contribution in [0.15, 0.2) is 33.7 Å². The minimum absolute atomic E-state index is 0.148. The zero-order valence-corrected chi connectivity index (χ0v) is 10.9. The summed E-state index contributed by atoms with van der Waals surface area (Å²) in [6.45, 7) is 0.336. The highest BCUT2D eigenvalue weighted by Gasteiger charge is 2.15. The molecule has 0 amide bonds. The van der Waals surface area contributed by atoms with E-state index in [-0.39, 0.29) is 11.7 Å². The van der Waals surface area contributed by atoms with Gasteiger partial charge in [-0.25, -0.2) is 4.39 Å². The molecule has 0 spiro atoms. The molecule has 102 valence electrons. The molecule has 0 aliphatic carbocycles. The third-order valence-corrected chi connectivity index (χ3v) is 3.45. The van der Waals surface area contributed by atoms with Crippen molar-refractivity contribution < 1.29 is 14.0 Å². The SMILES string of the molecule is NCC[C@H](O)c1nc(CSc2ccccc2F)no1. The number of aliphatic hydroxyl groups excluding tert-OH is 1. The van der Waals surface area contributed by atoms with E-state index < -0.39 is 6.10 Å². The number of rotatable bonds is 6. The summed E-state index contributed by atoms with van der Waals surface area (Å²) in [5.41, 5.74) is 5.33. The van der Waals surface area contributed by atoms with Crippen LogP contribution in [0.2, 0.25) is 0 Å². The van der Waals surface area contributed by atoms with E-state index in [0.717, 1.165) is 0 Å². The van der Waals surface area contributed by atoms with Gasteiger partial charge in [0.15, 0.2) is 5.82 Å². The molecule has 0 fully saturated rings. The Hall–Kier alpha value is -1.44. The summed E-state index contributed by atoms with van der Waals surface area (Å²) in [6.07, 6.45) is -0.480. The Kier molecular flexibility index (Phi) is 4.89. The van der Waals surface area contributed by atoms with Crippen molar-refractivity contribution in [1.29, 1.82) is 0 Å². The van der Waals surface area contributed by atoms with Crippen LogP contribution in [0.4, 0.5) is 4.39 Å². The quantitative estimate of drug-likeness (QED) is 0.787. The minimum atomic E-state index is -0.843. The molecule has 1 heterocycles. The van der Waals surface area contributed by atoms with E-state index in [2.05, 4.69) is 10.1 Å². The molecule has 3 N–H and O–H groups in total. The van der Waals surface area contributed by atoms with Gasteiger partial charge in [0.1, 0.15) is 11.9 Å². The van der Waals surface area contributed by atoms with Crippen molar-refractivity contribution >= 4 is 11.8 Å². The van der Waals surface area contributed by atoms with Gasteiger partial charge >= 0.3 is 0 Å². The lowest BCUT2D eigenvalue weighted by Gasteiger charge is -2.01. The van der Waals surface area contributed by atoms with Crippen LogP contribution in [0, 0.1) is 5.82 Å². The van der Waals surface area contributed by atoms with Gasteiger partial charge in [0.05, 0.1) is 5.75 Å². The highest BCUT2D eigenvalue weighted by molar-refractivity contribution is 7.98. The van der Waals surface area contributed by atoms with E-state index in [1.54, 1.807) is 18.2 Å². The maximum absolute atomic E-state index is 13.4. The molecule has 7 heteroatoms. The van der Waals surface area contributed by atoms with Crippen LogP contribution in [0.3, 0.4) is 0 Å². The number of halogens is 1. The number of hydrogen-bond donors (Lipinski definition) is 2. The standard InChI is InChI=1S/C12H14FN3O2S/c13-8-3-1-2-4-10(8)19-7-11-15-12(18-16-11)9(17)5-6-14/h1-4,9,17H,5-7,14H2/t9-/m0/s1. The fourth-order valence-electron chi connectivity index (χ4n) is 1.45. The fourth-order valence-corrected chi connectivity index (χ4v) is 2.23. The number of nitrogens with two attached hydrogens (primary N) is 1. The lowest BCUT2D eigenvalue weighted by atomic mass is 10.2. The van der Waals surface area contributed by atoms with Gasteiger partial charge in [0, 0.05) is 4.90 Å². The molecule has 0 saturated heterocycles. The third-order valence-electron chi connectivity index (χ3n) is 2.40. The third kappa shape index (κ3) is 3.76. The number of benzene rings is 1. The zero-order valence-electron chi connectivity index (χ0n) is 10.1. The first kappa shape index (κ1) is 14.0. The average molecular weight is 283 g/mol. The molecule has 1 aromatic heterocycles. The van der Waals surface area contributed by atoms with Crippen molar-refractivity contribution in [3.05, 3.63) is 41.8 Å². The van der Waals surface area contributed by atoms with Gasteiger partial charge in [-0.2, -0.15) is 4.98 Å². The fraction of sp³-hybridized carbons (Fsp3) is 0.333. The molecule has 5 nitrogen and oxygen atoms in total. The molecule has 2 aromatic rings. The predicted octanol–water partition coefficient (Wildman–Crippen LogP) is 1.88. The van der Waals surface area contributed by atoms with Gasteiger partial charge in [-0.3, -0.25) is 0 Å². The summed E-state index contributed by atoms with van der Waals surface area (Å²) in [5.74, 6) is 0.660. The molecule has 0 unspecified atom stereocenters. The molecule has 0 radical (unpaired) electrons. The van der Waals surface area contributed by atoms with Crippen molar-refractivity contribution in [2.75, 3.05) is 6.54 Å². The first-order valence-electron chi connectivity index (χ1n) is 5.78. The second-order valence-corrected chi connectivity index (χ2v) is 4.88. The Balaban J connectivity index is 1.95. The minimum Gasteiger partial charge on any atom is -0.383 e. The number of aromatic nitrogens is 2. The van der Waals surface area contributed by atoms with Crippen molar-refractivity contribution in [1.82, 2.24) is 10.1 Å². The molecule has 1 aromatic carbocycles. The Morgan fingerprint density at radius 2 is 2.21 bits per heavy atom. The smallest absolute Gasteiger partial charge is 0.255 e.